The Bertz CT molecular complexity index is 872. The summed E-state index contributed by atoms with van der Waals surface area (Å²) in [4.78, 5) is 11.9. The molecular formula is C25H31Cl2NO2. The lowest BCUT2D eigenvalue weighted by molar-refractivity contribution is -0.139. The molecule has 0 heterocycles. The lowest BCUT2D eigenvalue weighted by Gasteiger charge is -2.24. The van der Waals surface area contributed by atoms with Gasteiger partial charge in [0.05, 0.1) is 10.0 Å². The van der Waals surface area contributed by atoms with Crippen molar-refractivity contribution < 1.29 is 9.90 Å². The van der Waals surface area contributed by atoms with Gasteiger partial charge in [-0.2, -0.15) is 0 Å². The highest BCUT2D eigenvalue weighted by Crippen LogP contribution is 2.30. The number of aliphatic carboxylic acids is 1. The van der Waals surface area contributed by atoms with E-state index in [1.807, 2.05) is 12.1 Å². The molecule has 0 bridgehead atoms. The van der Waals surface area contributed by atoms with Gasteiger partial charge in [0.1, 0.15) is 6.04 Å². The highest BCUT2D eigenvalue weighted by Gasteiger charge is 2.21. The number of benzene rings is 2. The summed E-state index contributed by atoms with van der Waals surface area (Å²) in [6.45, 7) is 10.8. The fourth-order valence-electron chi connectivity index (χ4n) is 3.70. The molecule has 2 aromatic carbocycles. The van der Waals surface area contributed by atoms with Crippen LogP contribution in [0.3, 0.4) is 0 Å². The average molecular weight is 448 g/mol. The van der Waals surface area contributed by atoms with Gasteiger partial charge in [-0.05, 0) is 47.9 Å². The maximum atomic E-state index is 11.9. The van der Waals surface area contributed by atoms with Crippen molar-refractivity contribution in [3.05, 3.63) is 75.8 Å². The third kappa shape index (κ3) is 7.07. The molecule has 2 aromatic rings. The fourth-order valence-corrected chi connectivity index (χ4v) is 4.33. The quantitative estimate of drug-likeness (QED) is 0.389. The van der Waals surface area contributed by atoms with Gasteiger partial charge in [-0.1, -0.05) is 87.3 Å². The van der Waals surface area contributed by atoms with Gasteiger partial charge in [0, 0.05) is 17.7 Å². The van der Waals surface area contributed by atoms with Gasteiger partial charge in [0.25, 0.3) is 0 Å². The Morgan fingerprint density at radius 2 is 1.70 bits per heavy atom. The van der Waals surface area contributed by atoms with Gasteiger partial charge in [-0.15, -0.1) is 0 Å². The molecule has 2 N–H and O–H groups in total. The monoisotopic (exact) mass is 447 g/mol. The Labute approximate surface area is 190 Å². The number of rotatable bonds is 11. The summed E-state index contributed by atoms with van der Waals surface area (Å²) in [7, 11) is 0. The van der Waals surface area contributed by atoms with Gasteiger partial charge < -0.3 is 10.4 Å². The zero-order chi connectivity index (χ0) is 22.3. The largest absolute Gasteiger partial charge is 0.480 e. The van der Waals surface area contributed by atoms with Gasteiger partial charge in [-0.25, -0.2) is 4.79 Å². The first-order valence-corrected chi connectivity index (χ1v) is 11.1. The zero-order valence-corrected chi connectivity index (χ0v) is 19.5. The van der Waals surface area contributed by atoms with E-state index < -0.39 is 12.0 Å². The van der Waals surface area contributed by atoms with Crippen LogP contribution in [0.15, 0.2) is 49.0 Å². The normalized spacial score (nSPS) is 12.4. The molecule has 0 aliphatic heterocycles. The molecular weight excluding hydrogens is 417 g/mol. The maximum absolute atomic E-state index is 11.9. The fraction of sp³-hybridized carbons (Fsp3) is 0.400. The second-order valence-electron chi connectivity index (χ2n) is 8.55. The van der Waals surface area contributed by atoms with E-state index >= 15 is 0 Å². The minimum atomic E-state index is -0.950. The summed E-state index contributed by atoms with van der Waals surface area (Å²) >= 11 is 12.5. The van der Waals surface area contributed by atoms with Gasteiger partial charge >= 0.3 is 5.97 Å². The standard InChI is InChI=1S/C25H31Cl2NO2/c1-5-13-25(3,4)14-12-18-8-6-9-19(15-18)16-22(24(29)30)28-17(2)23-20(26)10-7-11-21(23)27/h6-11,15,22,28H,2,5,12-14,16H2,1,3-4H3,(H,29,30). The van der Waals surface area contributed by atoms with Crippen LogP contribution in [0.5, 0.6) is 0 Å². The summed E-state index contributed by atoms with van der Waals surface area (Å²) < 4.78 is 0. The van der Waals surface area contributed by atoms with E-state index in [0.717, 1.165) is 18.4 Å². The first-order chi connectivity index (χ1) is 14.1. The van der Waals surface area contributed by atoms with Crippen LogP contribution in [-0.2, 0) is 17.6 Å². The van der Waals surface area contributed by atoms with Gasteiger partial charge in [0.15, 0.2) is 0 Å². The lowest BCUT2D eigenvalue weighted by atomic mass is 9.82. The van der Waals surface area contributed by atoms with Crippen LogP contribution >= 0.6 is 23.2 Å². The highest BCUT2D eigenvalue weighted by molar-refractivity contribution is 6.37. The van der Waals surface area contributed by atoms with Crippen molar-refractivity contribution in [2.75, 3.05) is 0 Å². The number of aryl methyl sites for hydroxylation is 1. The van der Waals surface area contributed by atoms with Gasteiger partial charge in [0.2, 0.25) is 0 Å². The molecule has 0 spiro atoms. The third-order valence-electron chi connectivity index (χ3n) is 5.36. The average Bonchev–Trinajstić information content (AvgIpc) is 2.66. The molecule has 0 saturated heterocycles. The van der Waals surface area contributed by atoms with Crippen molar-refractivity contribution in [3.63, 3.8) is 0 Å². The molecule has 0 amide bonds. The number of nitrogens with one attached hydrogen (secondary N) is 1. The Balaban J connectivity index is 2.10. The SMILES string of the molecule is C=C(NC(Cc1cccc(CCC(C)(C)CCC)c1)C(=O)O)c1c(Cl)cccc1Cl. The molecule has 0 aromatic heterocycles. The van der Waals surface area contributed by atoms with E-state index in [2.05, 4.69) is 44.8 Å². The predicted octanol–water partition coefficient (Wildman–Crippen LogP) is 7.01. The van der Waals surface area contributed by atoms with Crippen molar-refractivity contribution in [3.8, 4) is 0 Å². The number of carboxylic acid groups (broad SMARTS) is 1. The first kappa shape index (κ1) is 24.3. The molecule has 2 rings (SSSR count). The summed E-state index contributed by atoms with van der Waals surface area (Å²) in [5.41, 5.74) is 3.43. The molecule has 5 heteroatoms. The number of halogens is 2. The zero-order valence-electron chi connectivity index (χ0n) is 18.0. The van der Waals surface area contributed by atoms with Crippen LogP contribution in [0.1, 0.15) is 56.7 Å². The van der Waals surface area contributed by atoms with Crippen molar-refractivity contribution in [2.24, 2.45) is 5.41 Å². The molecule has 0 saturated carbocycles. The Kier molecular flexibility index (Phi) is 8.81. The molecule has 1 atom stereocenters. The second kappa shape index (κ2) is 10.9. The van der Waals surface area contributed by atoms with E-state index in [1.165, 1.54) is 18.4 Å². The molecule has 0 radical (unpaired) electrons. The smallest absolute Gasteiger partial charge is 0.326 e. The van der Waals surface area contributed by atoms with E-state index in [1.54, 1.807) is 18.2 Å². The van der Waals surface area contributed by atoms with Crippen molar-refractivity contribution >= 4 is 34.9 Å². The number of hydrogen-bond donors (Lipinski definition) is 2. The van der Waals surface area contributed by atoms with Crippen molar-refractivity contribution in [1.82, 2.24) is 5.32 Å². The molecule has 3 nitrogen and oxygen atoms in total. The lowest BCUT2D eigenvalue weighted by Crippen LogP contribution is -2.37. The molecule has 162 valence electrons. The molecule has 0 aliphatic rings. The van der Waals surface area contributed by atoms with E-state index in [9.17, 15) is 9.90 Å². The van der Waals surface area contributed by atoms with E-state index in [-0.39, 0.29) is 0 Å². The number of hydrogen-bond acceptors (Lipinski definition) is 2. The van der Waals surface area contributed by atoms with Crippen LogP contribution in [0.4, 0.5) is 0 Å². The molecule has 30 heavy (non-hydrogen) atoms. The molecule has 1 unspecified atom stereocenters. The summed E-state index contributed by atoms with van der Waals surface area (Å²) in [6.07, 6.45) is 4.80. The number of carboxylic acids is 1. The van der Waals surface area contributed by atoms with Gasteiger partial charge in [-0.3, -0.25) is 0 Å². The summed E-state index contributed by atoms with van der Waals surface area (Å²) in [5, 5.41) is 13.6. The Morgan fingerprint density at radius 3 is 2.30 bits per heavy atom. The van der Waals surface area contributed by atoms with Crippen molar-refractivity contribution in [2.45, 2.75) is 58.9 Å². The van der Waals surface area contributed by atoms with Crippen LogP contribution < -0.4 is 5.32 Å². The minimum Gasteiger partial charge on any atom is -0.480 e. The van der Waals surface area contributed by atoms with E-state index in [0.29, 0.717) is 33.1 Å². The summed E-state index contributed by atoms with van der Waals surface area (Å²) in [6, 6.07) is 12.5. The Morgan fingerprint density at radius 1 is 1.10 bits per heavy atom. The minimum absolute atomic E-state index is 0.307. The van der Waals surface area contributed by atoms with Crippen LogP contribution in [0.25, 0.3) is 5.70 Å². The number of carbonyl (C=O) groups is 1. The Hall–Kier alpha value is -1.97. The third-order valence-corrected chi connectivity index (χ3v) is 5.99. The first-order valence-electron chi connectivity index (χ1n) is 10.3. The van der Waals surface area contributed by atoms with E-state index in [4.69, 9.17) is 23.2 Å². The predicted molar refractivity (Wildman–Crippen MR) is 127 cm³/mol. The summed E-state index contributed by atoms with van der Waals surface area (Å²) in [5.74, 6) is -0.950. The topological polar surface area (TPSA) is 49.3 Å². The second-order valence-corrected chi connectivity index (χ2v) is 9.36. The van der Waals surface area contributed by atoms with Crippen LogP contribution in [-0.4, -0.2) is 17.1 Å². The van der Waals surface area contributed by atoms with Crippen LogP contribution in [0, 0.1) is 5.41 Å². The molecule has 0 fully saturated rings. The highest BCUT2D eigenvalue weighted by atomic mass is 35.5. The van der Waals surface area contributed by atoms with Crippen molar-refractivity contribution in [1.29, 1.82) is 0 Å². The van der Waals surface area contributed by atoms with Crippen LogP contribution in [0.2, 0.25) is 10.0 Å². The molecule has 0 aliphatic carbocycles. The maximum Gasteiger partial charge on any atom is 0.326 e.